The van der Waals surface area contributed by atoms with Crippen molar-refractivity contribution in [2.75, 3.05) is 12.3 Å². The molecule has 2 aromatic heterocycles. The summed E-state index contributed by atoms with van der Waals surface area (Å²) in [4.78, 5) is 12.0. The number of hydrogen-bond donors (Lipinski definition) is 4. The Balaban J connectivity index is 2.09. The Morgan fingerprint density at radius 1 is 1.26 bits per heavy atom. The predicted octanol–water partition coefficient (Wildman–Crippen LogP) is -1.40. The monoisotopic (exact) mass is 263 g/mol. The van der Waals surface area contributed by atoms with Crippen molar-refractivity contribution in [3.05, 3.63) is 24.3 Å². The lowest BCUT2D eigenvalue weighted by atomic mass is 10.1. The third-order valence-corrected chi connectivity index (χ3v) is 3.33. The van der Waals surface area contributed by atoms with Crippen molar-refractivity contribution >= 4 is 17.0 Å². The topological polar surface area (TPSA) is 130 Å². The molecule has 0 aromatic carbocycles. The predicted molar refractivity (Wildman–Crippen MR) is 66.0 cm³/mol. The molecule has 0 aliphatic heterocycles. The summed E-state index contributed by atoms with van der Waals surface area (Å²) in [7, 11) is 0. The summed E-state index contributed by atoms with van der Waals surface area (Å²) in [6.45, 7) is -0.307. The van der Waals surface area contributed by atoms with E-state index in [1.54, 1.807) is 4.57 Å². The molecule has 0 saturated heterocycles. The van der Waals surface area contributed by atoms with Gasteiger partial charge in [-0.05, 0) is 11.6 Å². The molecule has 1 unspecified atom stereocenters. The molecular weight excluding hydrogens is 250 g/mol. The van der Waals surface area contributed by atoms with Crippen LogP contribution in [0.25, 0.3) is 11.2 Å². The summed E-state index contributed by atoms with van der Waals surface area (Å²) in [5.74, 6) is 0.237. The number of aliphatic hydroxyl groups is 3. The van der Waals surface area contributed by atoms with E-state index in [1.165, 1.54) is 18.7 Å². The highest BCUT2D eigenvalue weighted by Crippen LogP contribution is 2.32. The van der Waals surface area contributed by atoms with Gasteiger partial charge in [-0.3, -0.25) is 0 Å². The van der Waals surface area contributed by atoms with Crippen LogP contribution >= 0.6 is 0 Å². The van der Waals surface area contributed by atoms with E-state index in [0.29, 0.717) is 16.7 Å². The van der Waals surface area contributed by atoms with Crippen LogP contribution in [0.15, 0.2) is 24.3 Å². The van der Waals surface area contributed by atoms with Crippen molar-refractivity contribution in [1.29, 1.82) is 0 Å². The normalized spacial score (nSPS) is 26.9. The Bertz CT molecular complexity index is 653. The molecule has 5 N–H and O–H groups in total. The Labute approximate surface area is 107 Å². The van der Waals surface area contributed by atoms with Crippen LogP contribution in [-0.4, -0.2) is 53.7 Å². The molecule has 1 aliphatic rings. The number of nitrogens with zero attached hydrogens (tertiary/aromatic N) is 4. The molecule has 0 radical (unpaired) electrons. The fraction of sp³-hybridized carbons (Fsp3) is 0.364. The number of nitrogens with two attached hydrogens (primary N) is 1. The van der Waals surface area contributed by atoms with Crippen molar-refractivity contribution in [3.8, 4) is 0 Å². The molecule has 19 heavy (non-hydrogen) atoms. The maximum Gasteiger partial charge on any atom is 0.165 e. The lowest BCUT2D eigenvalue weighted by molar-refractivity contribution is 0.0795. The molecule has 2 aromatic rings. The summed E-state index contributed by atoms with van der Waals surface area (Å²) >= 11 is 0. The maximum atomic E-state index is 10.1. The molecule has 0 bridgehead atoms. The van der Waals surface area contributed by atoms with Gasteiger partial charge < -0.3 is 25.6 Å². The third kappa shape index (κ3) is 1.69. The second-order valence-electron chi connectivity index (χ2n) is 4.41. The average molecular weight is 263 g/mol. The molecule has 3 atom stereocenters. The Morgan fingerprint density at radius 2 is 2.05 bits per heavy atom. The van der Waals surface area contributed by atoms with E-state index in [2.05, 4.69) is 15.0 Å². The fourth-order valence-electron chi connectivity index (χ4n) is 2.37. The molecule has 0 spiro atoms. The zero-order valence-corrected chi connectivity index (χ0v) is 9.88. The second kappa shape index (κ2) is 4.26. The summed E-state index contributed by atoms with van der Waals surface area (Å²) in [6, 6.07) is -0.679. The Morgan fingerprint density at radius 3 is 2.74 bits per heavy atom. The van der Waals surface area contributed by atoms with Gasteiger partial charge in [-0.2, -0.15) is 0 Å². The number of nitrogen functional groups attached to an aromatic ring is 1. The van der Waals surface area contributed by atoms with Crippen molar-refractivity contribution in [1.82, 2.24) is 19.5 Å². The van der Waals surface area contributed by atoms with Gasteiger partial charge in [-0.25, -0.2) is 15.0 Å². The molecule has 100 valence electrons. The SMILES string of the molecule is Nc1ncnc2c1ncn2C1[C@H](O)C=C(CO)[C@@H]1O. The van der Waals surface area contributed by atoms with Crippen molar-refractivity contribution in [3.63, 3.8) is 0 Å². The van der Waals surface area contributed by atoms with Crippen LogP contribution in [0.3, 0.4) is 0 Å². The van der Waals surface area contributed by atoms with Gasteiger partial charge in [0.05, 0.1) is 25.1 Å². The van der Waals surface area contributed by atoms with Crippen LogP contribution in [0.2, 0.25) is 0 Å². The van der Waals surface area contributed by atoms with Gasteiger partial charge in [0.15, 0.2) is 11.5 Å². The van der Waals surface area contributed by atoms with Crippen molar-refractivity contribution < 1.29 is 15.3 Å². The van der Waals surface area contributed by atoms with E-state index >= 15 is 0 Å². The van der Waals surface area contributed by atoms with E-state index in [-0.39, 0.29) is 12.4 Å². The van der Waals surface area contributed by atoms with Gasteiger partial charge >= 0.3 is 0 Å². The van der Waals surface area contributed by atoms with Gasteiger partial charge in [0.25, 0.3) is 0 Å². The molecule has 8 nitrogen and oxygen atoms in total. The first-order chi connectivity index (χ1) is 9.13. The van der Waals surface area contributed by atoms with Crippen molar-refractivity contribution in [2.24, 2.45) is 0 Å². The van der Waals surface area contributed by atoms with Gasteiger partial charge in [0, 0.05) is 0 Å². The zero-order valence-electron chi connectivity index (χ0n) is 9.88. The highest BCUT2D eigenvalue weighted by atomic mass is 16.3. The van der Waals surface area contributed by atoms with E-state index in [9.17, 15) is 10.2 Å². The van der Waals surface area contributed by atoms with Crippen LogP contribution in [0.5, 0.6) is 0 Å². The summed E-state index contributed by atoms with van der Waals surface area (Å²) < 4.78 is 1.54. The third-order valence-electron chi connectivity index (χ3n) is 3.33. The Hall–Kier alpha value is -2.03. The minimum atomic E-state index is -0.992. The van der Waals surface area contributed by atoms with E-state index in [1.807, 2.05) is 0 Å². The average Bonchev–Trinajstić information content (AvgIpc) is 2.92. The fourth-order valence-corrected chi connectivity index (χ4v) is 2.37. The van der Waals surface area contributed by atoms with Crippen LogP contribution in [0, 0.1) is 0 Å². The molecular formula is C11H13N5O3. The number of fused-ring (bicyclic) bond motifs is 1. The van der Waals surface area contributed by atoms with Gasteiger partial charge in [0.1, 0.15) is 17.9 Å². The van der Waals surface area contributed by atoms with E-state index in [4.69, 9.17) is 10.8 Å². The first-order valence-corrected chi connectivity index (χ1v) is 5.74. The molecule has 0 amide bonds. The lowest BCUT2D eigenvalue weighted by Crippen LogP contribution is -2.29. The van der Waals surface area contributed by atoms with Crippen LogP contribution < -0.4 is 5.73 Å². The van der Waals surface area contributed by atoms with Crippen LogP contribution in [0.4, 0.5) is 5.82 Å². The second-order valence-corrected chi connectivity index (χ2v) is 4.41. The number of anilines is 1. The van der Waals surface area contributed by atoms with Gasteiger partial charge in [0.2, 0.25) is 0 Å². The van der Waals surface area contributed by atoms with Gasteiger partial charge in [-0.15, -0.1) is 0 Å². The summed E-state index contributed by atoms with van der Waals surface area (Å²) in [6.07, 6.45) is 2.26. The quantitative estimate of drug-likeness (QED) is 0.490. The number of rotatable bonds is 2. The lowest BCUT2D eigenvalue weighted by Gasteiger charge is -2.21. The maximum absolute atomic E-state index is 10.1. The highest BCUT2D eigenvalue weighted by molar-refractivity contribution is 5.81. The largest absolute Gasteiger partial charge is 0.392 e. The van der Waals surface area contributed by atoms with Crippen molar-refractivity contribution in [2.45, 2.75) is 18.2 Å². The van der Waals surface area contributed by atoms with E-state index in [0.717, 1.165) is 0 Å². The number of aromatic nitrogens is 4. The minimum Gasteiger partial charge on any atom is -0.392 e. The first-order valence-electron chi connectivity index (χ1n) is 5.74. The standard InChI is InChI=1S/C11H13N5O3/c12-10-7-11(14-3-13-10)16(4-15-7)8-6(18)1-5(2-17)9(8)19/h1,3-4,6,8-9,17-19H,2H2,(H2,12,13,14)/t6-,8?,9+/m1/s1. The van der Waals surface area contributed by atoms with Gasteiger partial charge in [-0.1, -0.05) is 0 Å². The zero-order chi connectivity index (χ0) is 13.6. The number of imidazole rings is 1. The Kier molecular flexibility index (Phi) is 2.70. The van der Waals surface area contributed by atoms with Crippen LogP contribution in [-0.2, 0) is 0 Å². The first kappa shape index (κ1) is 12.0. The molecule has 2 heterocycles. The number of hydrogen-bond acceptors (Lipinski definition) is 7. The highest BCUT2D eigenvalue weighted by Gasteiger charge is 2.37. The smallest absolute Gasteiger partial charge is 0.165 e. The molecule has 0 fully saturated rings. The summed E-state index contributed by atoms with van der Waals surface area (Å²) in [5, 5.41) is 29.2. The minimum absolute atomic E-state index is 0.237. The number of aliphatic hydroxyl groups excluding tert-OH is 3. The molecule has 0 saturated carbocycles. The molecule has 1 aliphatic carbocycles. The molecule has 8 heteroatoms. The summed E-state index contributed by atoms with van der Waals surface area (Å²) in [5.41, 5.74) is 6.91. The van der Waals surface area contributed by atoms with Crippen LogP contribution in [0.1, 0.15) is 6.04 Å². The van der Waals surface area contributed by atoms with E-state index < -0.39 is 18.2 Å². The molecule has 3 rings (SSSR count).